The maximum absolute atomic E-state index is 10.8. The molecule has 1 aromatic heterocycles. The summed E-state index contributed by atoms with van der Waals surface area (Å²) < 4.78 is 15.5. The maximum atomic E-state index is 10.8. The smallest absolute Gasteiger partial charge is 0.780 e. The molecule has 0 radical (unpaired) electrons. The number of aliphatic imine (C=N–C) groups is 1. The van der Waals surface area contributed by atoms with Gasteiger partial charge in [-0.2, -0.15) is 0 Å². The largest absolute Gasteiger partial charge is 1.00 e. The molecule has 1 aliphatic heterocycles. The molecule has 2 aromatic rings. The van der Waals surface area contributed by atoms with Gasteiger partial charge in [0.25, 0.3) is 0 Å². The molecule has 0 amide bonds. The van der Waals surface area contributed by atoms with Crippen LogP contribution in [-0.4, -0.2) is 27.8 Å². The summed E-state index contributed by atoms with van der Waals surface area (Å²) in [4.78, 5) is 40.3. The van der Waals surface area contributed by atoms with E-state index in [4.69, 9.17) is 0 Å². The maximum Gasteiger partial charge on any atom is 1.00 e. The van der Waals surface area contributed by atoms with Gasteiger partial charge >= 0.3 is 88.7 Å². The van der Waals surface area contributed by atoms with Gasteiger partial charge in [0, 0.05) is 5.75 Å². The van der Waals surface area contributed by atoms with E-state index in [0.29, 0.717) is 20.3 Å². The van der Waals surface area contributed by atoms with Crippen LogP contribution in [0.4, 0.5) is 0 Å². The third-order valence-electron chi connectivity index (χ3n) is 2.68. The Kier molecular flexibility index (Phi) is 11.6. The zero-order valence-electron chi connectivity index (χ0n) is 13.6. The summed E-state index contributed by atoms with van der Waals surface area (Å²) in [6.07, 6.45) is 0. The van der Waals surface area contributed by atoms with Gasteiger partial charge in [-0.3, -0.25) is 4.99 Å². The molecule has 0 unspecified atom stereocenters. The number of carboxylic acid groups (broad SMARTS) is 1. The molecule has 1 atom stereocenters. The standard InChI is InChI=1S/C11H9N2O6PS2.3Na/c14-11(15)7-4-21-9(13-7)10-12-6-2-1-5(3-8(6)22-10)19-20(16,17)18;;;/h1-3,7H,4H2,(H,14,15)(H2,16,17,18);;;/q;3*+1/p-3/t7-;;;/m1.../s1. The van der Waals surface area contributed by atoms with Crippen molar-refractivity contribution in [3.8, 4) is 5.75 Å². The molecular weight excluding hydrogens is 420 g/mol. The van der Waals surface area contributed by atoms with Crippen LogP contribution in [-0.2, 0) is 9.36 Å². The van der Waals surface area contributed by atoms with E-state index in [1.165, 1.54) is 41.3 Å². The second-order valence-corrected chi connectivity index (χ2v) is 7.38. The molecule has 0 fully saturated rings. The Labute approximate surface area is 217 Å². The van der Waals surface area contributed by atoms with Gasteiger partial charge in [0.1, 0.15) is 29.7 Å². The summed E-state index contributed by atoms with van der Waals surface area (Å²) in [7, 11) is -5.11. The summed E-state index contributed by atoms with van der Waals surface area (Å²) in [5, 5.41) is 11.8. The van der Waals surface area contributed by atoms with Crippen LogP contribution >= 0.6 is 30.9 Å². The number of rotatable bonds is 4. The van der Waals surface area contributed by atoms with E-state index >= 15 is 0 Å². The van der Waals surface area contributed by atoms with Crippen LogP contribution in [0, 0.1) is 0 Å². The van der Waals surface area contributed by atoms with Crippen LogP contribution in [0.25, 0.3) is 10.2 Å². The second-order valence-electron chi connectivity index (χ2n) is 4.27. The molecular formula is C11H6N2Na3O6PS2. The van der Waals surface area contributed by atoms with Crippen LogP contribution in [0.2, 0.25) is 0 Å². The number of aliphatic carboxylic acids is 1. The van der Waals surface area contributed by atoms with Gasteiger partial charge in [0.05, 0.1) is 16.2 Å². The van der Waals surface area contributed by atoms with Crippen LogP contribution in [0.3, 0.4) is 0 Å². The molecule has 25 heavy (non-hydrogen) atoms. The minimum atomic E-state index is -5.11. The first-order valence-electron chi connectivity index (χ1n) is 5.86. The fourth-order valence-corrected chi connectivity index (χ4v) is 4.25. The zero-order chi connectivity index (χ0) is 15.9. The summed E-state index contributed by atoms with van der Waals surface area (Å²) >= 11 is 2.46. The topological polar surface area (TPSA) is 138 Å². The SMILES string of the molecule is O=C([O-])[C@H]1CSC(c2nc3ccc(OP(=O)([O-])[O-])cc3s2)=N1.[Na+].[Na+].[Na+]. The van der Waals surface area contributed by atoms with E-state index in [9.17, 15) is 24.3 Å². The molecule has 0 bridgehead atoms. The van der Waals surface area contributed by atoms with Gasteiger partial charge in [0.2, 0.25) is 0 Å². The first-order valence-corrected chi connectivity index (χ1v) is 9.12. The predicted molar refractivity (Wildman–Crippen MR) is 75.6 cm³/mol. The van der Waals surface area contributed by atoms with Crippen LogP contribution < -0.4 is 108 Å². The molecule has 1 aromatic carbocycles. The normalized spacial score (nSPS) is 16.2. The van der Waals surface area contributed by atoms with E-state index < -0.39 is 19.8 Å². The number of carboxylic acids is 1. The van der Waals surface area contributed by atoms with E-state index in [1.807, 2.05) is 0 Å². The van der Waals surface area contributed by atoms with Crippen molar-refractivity contribution < 1.29 is 117 Å². The van der Waals surface area contributed by atoms with Crippen molar-refractivity contribution in [3.63, 3.8) is 0 Å². The predicted octanol–water partition coefficient (Wildman–Crippen LogP) is -9.87. The quantitative estimate of drug-likeness (QED) is 0.347. The molecule has 3 rings (SSSR count). The van der Waals surface area contributed by atoms with Crippen LogP contribution in [0.15, 0.2) is 23.2 Å². The van der Waals surface area contributed by atoms with Gasteiger partial charge in [-0.1, -0.05) is 0 Å². The average molecular weight is 426 g/mol. The molecule has 8 nitrogen and oxygen atoms in total. The molecule has 0 spiro atoms. The minimum absolute atomic E-state index is 0. The second kappa shape index (κ2) is 10.9. The van der Waals surface area contributed by atoms with E-state index in [0.717, 1.165) is 0 Å². The Morgan fingerprint density at radius 3 is 2.52 bits per heavy atom. The van der Waals surface area contributed by atoms with Crippen molar-refractivity contribution >= 4 is 52.2 Å². The molecule has 0 saturated heterocycles. The molecule has 0 aliphatic carbocycles. The molecule has 1 aliphatic rings. The summed E-state index contributed by atoms with van der Waals surface area (Å²) in [5.41, 5.74) is 0.569. The minimum Gasteiger partial charge on any atom is -0.780 e. The van der Waals surface area contributed by atoms with Crippen molar-refractivity contribution in [2.24, 2.45) is 4.99 Å². The Hall–Kier alpha value is 1.55. The van der Waals surface area contributed by atoms with E-state index in [-0.39, 0.29) is 100 Å². The number of carbonyl (C=O) groups excluding carboxylic acids is 1. The summed E-state index contributed by atoms with van der Waals surface area (Å²) in [6, 6.07) is 3.33. The number of thioether (sulfide) groups is 1. The number of thiazole rings is 1. The Morgan fingerprint density at radius 1 is 1.28 bits per heavy atom. The number of hydrogen-bond acceptors (Lipinski definition) is 10. The Morgan fingerprint density at radius 2 is 1.96 bits per heavy atom. The Balaban J connectivity index is 0.00000192. The summed E-state index contributed by atoms with van der Waals surface area (Å²) in [5.74, 6) is -1.04. The van der Waals surface area contributed by atoms with Crippen molar-refractivity contribution in [2.45, 2.75) is 6.04 Å². The molecule has 2 heterocycles. The average Bonchev–Trinajstić information content (AvgIpc) is 3.02. The number of carbonyl (C=O) groups is 1. The first-order chi connectivity index (χ1) is 10.3. The number of hydrogen-bond donors (Lipinski definition) is 0. The third-order valence-corrected chi connectivity index (χ3v) is 5.33. The summed E-state index contributed by atoms with van der Waals surface area (Å²) in [6.45, 7) is 0. The van der Waals surface area contributed by atoms with Gasteiger partial charge in [-0.25, -0.2) is 4.98 Å². The Bertz CT molecular complexity index is 842. The van der Waals surface area contributed by atoms with E-state index in [1.54, 1.807) is 0 Å². The van der Waals surface area contributed by atoms with Crippen molar-refractivity contribution in [3.05, 3.63) is 23.2 Å². The number of nitrogens with zero attached hydrogens (tertiary/aromatic N) is 2. The first kappa shape index (κ1) is 26.6. The van der Waals surface area contributed by atoms with Gasteiger partial charge in [-0.05, 0) is 18.2 Å². The number of fused-ring (bicyclic) bond motifs is 1. The van der Waals surface area contributed by atoms with Crippen molar-refractivity contribution in [1.82, 2.24) is 4.98 Å². The number of benzene rings is 1. The monoisotopic (exact) mass is 426 g/mol. The van der Waals surface area contributed by atoms with Crippen molar-refractivity contribution in [2.75, 3.05) is 5.75 Å². The van der Waals surface area contributed by atoms with Crippen LogP contribution in [0.5, 0.6) is 5.75 Å². The molecule has 14 heteroatoms. The molecule has 116 valence electrons. The fourth-order valence-electron chi connectivity index (χ4n) is 1.79. The zero-order valence-corrected chi connectivity index (χ0v) is 22.2. The van der Waals surface area contributed by atoms with Gasteiger partial charge in [-0.15, -0.1) is 23.1 Å². The van der Waals surface area contributed by atoms with Crippen molar-refractivity contribution in [1.29, 1.82) is 0 Å². The third kappa shape index (κ3) is 7.14. The number of phosphoric ester groups is 1. The van der Waals surface area contributed by atoms with E-state index in [2.05, 4.69) is 14.5 Å². The number of aromatic nitrogens is 1. The fraction of sp³-hybridized carbons (Fsp3) is 0.182. The molecule has 0 N–H and O–H groups in total. The van der Waals surface area contributed by atoms with Gasteiger partial charge in [0.15, 0.2) is 0 Å². The van der Waals surface area contributed by atoms with Gasteiger partial charge < -0.3 is 28.8 Å². The number of phosphoric acid groups is 1. The molecule has 0 saturated carbocycles. The van der Waals surface area contributed by atoms with Crippen LogP contribution in [0.1, 0.15) is 5.01 Å².